The van der Waals surface area contributed by atoms with Crippen LogP contribution in [0.2, 0.25) is 0 Å². The smallest absolute Gasteiger partial charge is 0.322 e. The van der Waals surface area contributed by atoms with E-state index in [9.17, 15) is 4.79 Å². The molecular formula is C9H19NO3. The van der Waals surface area contributed by atoms with Gasteiger partial charge in [0.05, 0.1) is 12.2 Å². The van der Waals surface area contributed by atoms with Crippen LogP contribution < -0.4 is 5.73 Å². The Bertz CT molecular complexity index is 166. The highest BCUT2D eigenvalue weighted by Crippen LogP contribution is 2.12. The van der Waals surface area contributed by atoms with Crippen molar-refractivity contribution < 1.29 is 14.3 Å². The third-order valence-electron chi connectivity index (χ3n) is 1.87. The van der Waals surface area contributed by atoms with Gasteiger partial charge in [-0.1, -0.05) is 0 Å². The molecule has 2 N–H and O–H groups in total. The summed E-state index contributed by atoms with van der Waals surface area (Å²) in [5.74, 6) is -0.369. The Morgan fingerprint density at radius 3 is 2.46 bits per heavy atom. The van der Waals surface area contributed by atoms with Gasteiger partial charge in [-0.2, -0.15) is 0 Å². The van der Waals surface area contributed by atoms with Gasteiger partial charge in [0.25, 0.3) is 0 Å². The molecule has 13 heavy (non-hydrogen) atoms. The highest BCUT2D eigenvalue weighted by Gasteiger charge is 2.17. The van der Waals surface area contributed by atoms with Gasteiger partial charge < -0.3 is 15.2 Å². The number of hydrogen-bond donors (Lipinski definition) is 1. The second kappa shape index (κ2) is 5.19. The van der Waals surface area contributed by atoms with Gasteiger partial charge in [0.2, 0.25) is 0 Å². The van der Waals surface area contributed by atoms with Crippen LogP contribution in [-0.4, -0.2) is 31.3 Å². The van der Waals surface area contributed by atoms with E-state index in [0.29, 0.717) is 13.0 Å². The van der Waals surface area contributed by atoms with Gasteiger partial charge in [0.1, 0.15) is 6.04 Å². The van der Waals surface area contributed by atoms with Gasteiger partial charge in [-0.3, -0.25) is 4.79 Å². The van der Waals surface area contributed by atoms with Gasteiger partial charge in [-0.25, -0.2) is 0 Å². The van der Waals surface area contributed by atoms with Crippen molar-refractivity contribution in [2.24, 2.45) is 5.73 Å². The maximum Gasteiger partial charge on any atom is 0.322 e. The molecule has 78 valence electrons. The summed E-state index contributed by atoms with van der Waals surface area (Å²) < 4.78 is 10.1. The van der Waals surface area contributed by atoms with E-state index >= 15 is 0 Å². The summed E-state index contributed by atoms with van der Waals surface area (Å²) in [5.41, 5.74) is 5.06. The molecule has 0 fully saturated rings. The number of methoxy groups -OCH3 is 1. The van der Waals surface area contributed by atoms with E-state index in [4.69, 9.17) is 15.2 Å². The molecule has 0 rings (SSSR count). The maximum absolute atomic E-state index is 10.9. The summed E-state index contributed by atoms with van der Waals surface area (Å²) >= 11 is 0. The summed E-state index contributed by atoms with van der Waals surface area (Å²) in [5, 5.41) is 0. The van der Waals surface area contributed by atoms with Crippen molar-refractivity contribution in [1.82, 2.24) is 0 Å². The van der Waals surface area contributed by atoms with Crippen LogP contribution in [0.15, 0.2) is 0 Å². The van der Waals surface area contributed by atoms with Crippen LogP contribution in [0.1, 0.15) is 27.2 Å². The molecule has 0 aliphatic carbocycles. The number of nitrogens with two attached hydrogens (primary N) is 1. The molecule has 0 heterocycles. The SMILES string of the molecule is COC(C)(C)CCOC(=O)[C@H](C)N. The summed E-state index contributed by atoms with van der Waals surface area (Å²) in [4.78, 5) is 10.9. The van der Waals surface area contributed by atoms with E-state index < -0.39 is 6.04 Å². The molecule has 0 aromatic carbocycles. The van der Waals surface area contributed by atoms with Crippen LogP contribution >= 0.6 is 0 Å². The van der Waals surface area contributed by atoms with Crippen molar-refractivity contribution in [3.63, 3.8) is 0 Å². The topological polar surface area (TPSA) is 61.5 Å². The Morgan fingerprint density at radius 1 is 1.54 bits per heavy atom. The Labute approximate surface area is 79.4 Å². The Morgan fingerprint density at radius 2 is 2.08 bits per heavy atom. The largest absolute Gasteiger partial charge is 0.464 e. The van der Waals surface area contributed by atoms with Crippen LogP contribution in [0.5, 0.6) is 0 Å². The molecule has 0 aromatic rings. The van der Waals surface area contributed by atoms with Gasteiger partial charge in [0, 0.05) is 13.5 Å². The van der Waals surface area contributed by atoms with E-state index in [1.54, 1.807) is 14.0 Å². The predicted octanol–water partition coefficient (Wildman–Crippen LogP) is 0.692. The molecule has 0 saturated heterocycles. The normalized spacial score (nSPS) is 13.9. The summed E-state index contributed by atoms with van der Waals surface area (Å²) in [6.07, 6.45) is 0.669. The predicted molar refractivity (Wildman–Crippen MR) is 50.3 cm³/mol. The van der Waals surface area contributed by atoms with Crippen molar-refractivity contribution >= 4 is 5.97 Å². The zero-order valence-electron chi connectivity index (χ0n) is 8.79. The number of esters is 1. The quantitative estimate of drug-likeness (QED) is 0.646. The van der Waals surface area contributed by atoms with Crippen molar-refractivity contribution in [3.05, 3.63) is 0 Å². The van der Waals surface area contributed by atoms with E-state index in [1.807, 2.05) is 13.8 Å². The molecule has 0 radical (unpaired) electrons. The average Bonchev–Trinajstić information content (AvgIpc) is 2.04. The maximum atomic E-state index is 10.9. The molecule has 4 heteroatoms. The first kappa shape index (κ1) is 12.4. The summed E-state index contributed by atoms with van der Waals surface area (Å²) in [6.45, 7) is 5.82. The van der Waals surface area contributed by atoms with Gasteiger partial charge in [0.15, 0.2) is 0 Å². The van der Waals surface area contributed by atoms with Crippen molar-refractivity contribution in [2.45, 2.75) is 38.8 Å². The molecule has 0 aromatic heterocycles. The first-order chi connectivity index (χ1) is 5.89. The minimum absolute atomic E-state index is 0.252. The lowest BCUT2D eigenvalue weighted by Crippen LogP contribution is -2.31. The van der Waals surface area contributed by atoms with Crippen molar-refractivity contribution in [3.8, 4) is 0 Å². The zero-order chi connectivity index (χ0) is 10.5. The Balaban J connectivity index is 3.62. The lowest BCUT2D eigenvalue weighted by Gasteiger charge is -2.22. The second-order valence-electron chi connectivity index (χ2n) is 3.67. The van der Waals surface area contributed by atoms with Crippen LogP contribution in [0.3, 0.4) is 0 Å². The average molecular weight is 189 g/mol. The first-order valence-electron chi connectivity index (χ1n) is 4.36. The lowest BCUT2D eigenvalue weighted by atomic mass is 10.1. The minimum Gasteiger partial charge on any atom is -0.464 e. The molecule has 0 saturated carbocycles. The van der Waals surface area contributed by atoms with E-state index in [-0.39, 0.29) is 11.6 Å². The number of hydrogen-bond acceptors (Lipinski definition) is 4. The summed E-state index contributed by atoms with van der Waals surface area (Å²) in [7, 11) is 1.63. The third kappa shape index (κ3) is 5.60. The zero-order valence-corrected chi connectivity index (χ0v) is 8.79. The fourth-order valence-corrected chi connectivity index (χ4v) is 0.631. The number of carbonyl (C=O) groups is 1. The third-order valence-corrected chi connectivity index (χ3v) is 1.87. The highest BCUT2D eigenvalue weighted by molar-refractivity contribution is 5.74. The number of rotatable bonds is 5. The molecule has 0 aliphatic rings. The van der Waals surface area contributed by atoms with E-state index in [1.165, 1.54) is 0 Å². The van der Waals surface area contributed by atoms with Gasteiger partial charge in [-0.15, -0.1) is 0 Å². The molecule has 0 amide bonds. The Kier molecular flexibility index (Phi) is 4.95. The van der Waals surface area contributed by atoms with Crippen LogP contribution in [-0.2, 0) is 14.3 Å². The van der Waals surface area contributed by atoms with E-state index in [0.717, 1.165) is 0 Å². The first-order valence-corrected chi connectivity index (χ1v) is 4.36. The molecule has 0 aliphatic heterocycles. The molecule has 0 unspecified atom stereocenters. The fourth-order valence-electron chi connectivity index (χ4n) is 0.631. The molecule has 4 nitrogen and oxygen atoms in total. The number of carbonyl (C=O) groups excluding carboxylic acids is 1. The molecule has 1 atom stereocenters. The van der Waals surface area contributed by atoms with Crippen LogP contribution in [0.25, 0.3) is 0 Å². The van der Waals surface area contributed by atoms with Crippen molar-refractivity contribution in [1.29, 1.82) is 0 Å². The van der Waals surface area contributed by atoms with Crippen LogP contribution in [0, 0.1) is 0 Å². The minimum atomic E-state index is -0.550. The molecular weight excluding hydrogens is 170 g/mol. The van der Waals surface area contributed by atoms with Crippen LogP contribution in [0.4, 0.5) is 0 Å². The summed E-state index contributed by atoms with van der Waals surface area (Å²) in [6, 6.07) is -0.550. The monoisotopic (exact) mass is 189 g/mol. The lowest BCUT2D eigenvalue weighted by molar-refractivity contribution is -0.146. The van der Waals surface area contributed by atoms with Gasteiger partial charge in [-0.05, 0) is 20.8 Å². The fraction of sp³-hybridized carbons (Fsp3) is 0.889. The van der Waals surface area contributed by atoms with E-state index in [2.05, 4.69) is 0 Å². The van der Waals surface area contributed by atoms with Crippen molar-refractivity contribution in [2.75, 3.05) is 13.7 Å². The Hall–Kier alpha value is -0.610. The second-order valence-corrected chi connectivity index (χ2v) is 3.67. The molecule has 0 spiro atoms. The number of ether oxygens (including phenoxy) is 2. The highest BCUT2D eigenvalue weighted by atomic mass is 16.5. The van der Waals surface area contributed by atoms with Gasteiger partial charge >= 0.3 is 5.97 Å². The molecule has 0 bridgehead atoms. The standard InChI is InChI=1S/C9H19NO3/c1-7(10)8(11)13-6-5-9(2,3)12-4/h7H,5-6,10H2,1-4H3/t7-/m0/s1.